The minimum atomic E-state index is -0.0279. The summed E-state index contributed by atoms with van der Waals surface area (Å²) in [6.45, 7) is 8.41. The lowest BCUT2D eigenvalue weighted by Gasteiger charge is -2.21. The molecule has 1 N–H and O–H groups in total. The van der Waals surface area contributed by atoms with Crippen molar-refractivity contribution in [3.05, 3.63) is 58.1 Å². The van der Waals surface area contributed by atoms with Gasteiger partial charge in [0.05, 0.1) is 13.2 Å². The van der Waals surface area contributed by atoms with Gasteiger partial charge < -0.3 is 10.1 Å². The number of rotatable bonds is 9. The molecule has 1 amide bonds. The second kappa shape index (κ2) is 10.8. The second-order valence-corrected chi connectivity index (χ2v) is 8.91. The Morgan fingerprint density at radius 3 is 2.43 bits per heavy atom. The normalized spacial score (nSPS) is 12.1. The van der Waals surface area contributed by atoms with E-state index < -0.39 is 0 Å². The number of amides is 1. The summed E-state index contributed by atoms with van der Waals surface area (Å²) in [5, 5.41) is 3.88. The van der Waals surface area contributed by atoms with Crippen LogP contribution in [-0.4, -0.2) is 18.8 Å². The van der Waals surface area contributed by atoms with Gasteiger partial charge in [-0.1, -0.05) is 25.4 Å². The number of hydrogen-bond acceptors (Lipinski definition) is 3. The fraction of sp³-hybridized carbons (Fsp3) is 0.435. The van der Waals surface area contributed by atoms with Gasteiger partial charge in [0, 0.05) is 16.3 Å². The van der Waals surface area contributed by atoms with E-state index >= 15 is 0 Å². The molecule has 0 spiro atoms. The van der Waals surface area contributed by atoms with E-state index in [1.807, 2.05) is 31.2 Å². The number of halogens is 1. The molecular weight excluding hydrogens is 390 g/mol. The number of benzene rings is 2. The van der Waals surface area contributed by atoms with Crippen molar-refractivity contribution in [3.63, 3.8) is 0 Å². The molecule has 2 aromatic rings. The summed E-state index contributed by atoms with van der Waals surface area (Å²) in [4.78, 5) is 13.5. The first kappa shape index (κ1) is 22.6. The first-order valence-corrected chi connectivity index (χ1v) is 11.0. The van der Waals surface area contributed by atoms with E-state index in [1.165, 1.54) is 10.5 Å². The number of thioether (sulfide) groups is 1. The number of carbonyl (C=O) groups excluding carboxylic acids is 1. The van der Waals surface area contributed by atoms with Crippen molar-refractivity contribution in [2.45, 2.75) is 57.4 Å². The van der Waals surface area contributed by atoms with Crippen molar-refractivity contribution in [3.8, 4) is 5.75 Å². The Kier molecular flexibility index (Phi) is 8.71. The molecule has 0 aliphatic rings. The molecular formula is C23H30ClNO2S. The van der Waals surface area contributed by atoms with Crippen molar-refractivity contribution < 1.29 is 9.53 Å². The van der Waals surface area contributed by atoms with Crippen LogP contribution < -0.4 is 10.1 Å². The fourth-order valence-electron chi connectivity index (χ4n) is 3.16. The number of aryl methyl sites for hydroxylation is 1. The monoisotopic (exact) mass is 419 g/mol. The number of carbonyl (C=O) groups is 1. The van der Waals surface area contributed by atoms with Crippen LogP contribution >= 0.6 is 23.4 Å². The smallest absolute Gasteiger partial charge is 0.220 e. The molecule has 3 nitrogen and oxygen atoms in total. The third-order valence-corrected chi connectivity index (χ3v) is 6.07. The summed E-state index contributed by atoms with van der Waals surface area (Å²) in [6, 6.07) is 12.0. The lowest BCUT2D eigenvalue weighted by molar-refractivity contribution is -0.121. The Labute approximate surface area is 178 Å². The quantitative estimate of drug-likeness (QED) is 0.371. The molecule has 0 aliphatic heterocycles. The predicted molar refractivity (Wildman–Crippen MR) is 120 cm³/mol. The predicted octanol–water partition coefficient (Wildman–Crippen LogP) is 6.53. The standard InChI is InChI=1S/C23H30ClNO2S/c1-15(2)20-14-21(16(3)13-22(20)27-5)17(4)25-23(26)7-6-12-28-19-10-8-18(24)9-11-19/h8-11,13-15,17H,6-7,12H2,1-5H3,(H,25,26)/t17-/m1/s1. The van der Waals surface area contributed by atoms with Gasteiger partial charge in [-0.15, -0.1) is 11.8 Å². The summed E-state index contributed by atoms with van der Waals surface area (Å²) < 4.78 is 5.51. The van der Waals surface area contributed by atoms with Gasteiger partial charge in [0.2, 0.25) is 5.91 Å². The van der Waals surface area contributed by atoms with Crippen molar-refractivity contribution in [1.82, 2.24) is 5.32 Å². The molecule has 0 aromatic heterocycles. The van der Waals surface area contributed by atoms with Gasteiger partial charge in [-0.25, -0.2) is 0 Å². The fourth-order valence-corrected chi connectivity index (χ4v) is 4.13. The SMILES string of the molecule is COc1cc(C)c([C@@H](C)NC(=O)CCCSc2ccc(Cl)cc2)cc1C(C)C. The maximum atomic E-state index is 12.4. The van der Waals surface area contributed by atoms with Crippen LogP contribution in [-0.2, 0) is 4.79 Å². The highest BCUT2D eigenvalue weighted by Crippen LogP contribution is 2.32. The molecule has 2 aromatic carbocycles. The first-order valence-electron chi connectivity index (χ1n) is 9.68. The summed E-state index contributed by atoms with van der Waals surface area (Å²) in [7, 11) is 1.70. The number of hydrogen-bond donors (Lipinski definition) is 1. The largest absolute Gasteiger partial charge is 0.496 e. The zero-order chi connectivity index (χ0) is 20.7. The molecule has 0 radical (unpaired) electrons. The van der Waals surface area contributed by atoms with Crippen LogP contribution in [0.3, 0.4) is 0 Å². The van der Waals surface area contributed by atoms with Crippen molar-refractivity contribution in [2.24, 2.45) is 0 Å². The van der Waals surface area contributed by atoms with Gasteiger partial charge in [-0.2, -0.15) is 0 Å². The molecule has 0 saturated heterocycles. The van der Waals surface area contributed by atoms with Crippen molar-refractivity contribution >= 4 is 29.3 Å². The number of nitrogens with one attached hydrogen (secondary N) is 1. The van der Waals surface area contributed by atoms with E-state index in [1.54, 1.807) is 18.9 Å². The van der Waals surface area contributed by atoms with Crippen LogP contribution in [0.2, 0.25) is 5.02 Å². The molecule has 1 atom stereocenters. The summed E-state index contributed by atoms with van der Waals surface area (Å²) in [5.74, 6) is 2.27. The van der Waals surface area contributed by atoms with Crippen LogP contribution in [0.25, 0.3) is 0 Å². The molecule has 0 fully saturated rings. The van der Waals surface area contributed by atoms with E-state index in [9.17, 15) is 4.79 Å². The average Bonchev–Trinajstić information content (AvgIpc) is 2.65. The maximum Gasteiger partial charge on any atom is 0.220 e. The molecule has 0 saturated carbocycles. The van der Waals surface area contributed by atoms with Crippen molar-refractivity contribution in [2.75, 3.05) is 12.9 Å². The van der Waals surface area contributed by atoms with Crippen molar-refractivity contribution in [1.29, 1.82) is 0 Å². The highest BCUT2D eigenvalue weighted by atomic mass is 35.5. The van der Waals surface area contributed by atoms with Crippen LogP contribution in [0.15, 0.2) is 41.3 Å². The van der Waals surface area contributed by atoms with E-state index in [2.05, 4.69) is 38.2 Å². The van der Waals surface area contributed by atoms with E-state index in [-0.39, 0.29) is 11.9 Å². The highest BCUT2D eigenvalue weighted by molar-refractivity contribution is 7.99. The minimum absolute atomic E-state index is 0.0279. The van der Waals surface area contributed by atoms with Crippen LogP contribution in [0.5, 0.6) is 5.75 Å². The lowest BCUT2D eigenvalue weighted by Crippen LogP contribution is -2.27. The van der Waals surface area contributed by atoms with Gasteiger partial charge in [0.25, 0.3) is 0 Å². The van der Waals surface area contributed by atoms with Crippen LogP contribution in [0.1, 0.15) is 62.3 Å². The molecule has 0 bridgehead atoms. The van der Waals surface area contributed by atoms with E-state index in [0.29, 0.717) is 12.3 Å². The number of ether oxygens (including phenoxy) is 1. The Morgan fingerprint density at radius 1 is 1.14 bits per heavy atom. The second-order valence-electron chi connectivity index (χ2n) is 7.30. The minimum Gasteiger partial charge on any atom is -0.496 e. The molecule has 0 unspecified atom stereocenters. The zero-order valence-electron chi connectivity index (χ0n) is 17.3. The van der Waals surface area contributed by atoms with Gasteiger partial charge in [-0.05, 0) is 85.0 Å². The lowest BCUT2D eigenvalue weighted by atomic mass is 9.93. The van der Waals surface area contributed by atoms with E-state index in [0.717, 1.165) is 34.1 Å². The van der Waals surface area contributed by atoms with Gasteiger partial charge >= 0.3 is 0 Å². The summed E-state index contributed by atoms with van der Waals surface area (Å²) in [6.07, 6.45) is 1.36. The third kappa shape index (κ3) is 6.46. The summed E-state index contributed by atoms with van der Waals surface area (Å²) in [5.41, 5.74) is 3.45. The molecule has 2 rings (SSSR count). The Bertz CT molecular complexity index is 790. The molecule has 152 valence electrons. The first-order chi connectivity index (χ1) is 13.3. The topological polar surface area (TPSA) is 38.3 Å². The highest BCUT2D eigenvalue weighted by Gasteiger charge is 2.16. The Morgan fingerprint density at radius 2 is 1.82 bits per heavy atom. The molecule has 5 heteroatoms. The zero-order valence-corrected chi connectivity index (χ0v) is 18.9. The third-order valence-electron chi connectivity index (χ3n) is 4.71. The Hall–Kier alpha value is -1.65. The van der Waals surface area contributed by atoms with Gasteiger partial charge in [-0.3, -0.25) is 4.79 Å². The Balaban J connectivity index is 1.87. The maximum absolute atomic E-state index is 12.4. The van der Waals surface area contributed by atoms with Crippen LogP contribution in [0, 0.1) is 6.92 Å². The van der Waals surface area contributed by atoms with Crippen LogP contribution in [0.4, 0.5) is 0 Å². The summed E-state index contributed by atoms with van der Waals surface area (Å²) >= 11 is 7.64. The van der Waals surface area contributed by atoms with Gasteiger partial charge in [0.15, 0.2) is 0 Å². The molecule has 0 heterocycles. The average molecular weight is 420 g/mol. The van der Waals surface area contributed by atoms with Gasteiger partial charge in [0.1, 0.15) is 5.75 Å². The van der Waals surface area contributed by atoms with E-state index in [4.69, 9.17) is 16.3 Å². The molecule has 28 heavy (non-hydrogen) atoms. The number of methoxy groups -OCH3 is 1. The molecule has 0 aliphatic carbocycles.